The van der Waals surface area contributed by atoms with Crippen molar-refractivity contribution in [2.45, 2.75) is 26.0 Å². The zero-order chi connectivity index (χ0) is 19.4. The molecule has 27 heavy (non-hydrogen) atoms. The van der Waals surface area contributed by atoms with E-state index < -0.39 is 23.9 Å². The average molecular weight is 392 g/mol. The third-order valence-corrected chi connectivity index (χ3v) is 4.34. The number of esters is 1. The van der Waals surface area contributed by atoms with E-state index in [1.54, 1.807) is 18.2 Å². The SMILES string of the molecule is C[C@@H](OC(=O)[C@@H]1CC(=O)N(Cc2ccco2)C1)C(=O)Nc1ccc(Cl)cn1. The summed E-state index contributed by atoms with van der Waals surface area (Å²) >= 11 is 5.74. The maximum atomic E-state index is 12.3. The largest absolute Gasteiger partial charge is 0.467 e. The van der Waals surface area contributed by atoms with Crippen LogP contribution in [0.15, 0.2) is 41.1 Å². The van der Waals surface area contributed by atoms with Crippen LogP contribution in [0.5, 0.6) is 0 Å². The Morgan fingerprint density at radius 1 is 1.44 bits per heavy atom. The van der Waals surface area contributed by atoms with Gasteiger partial charge in [0.2, 0.25) is 5.91 Å². The van der Waals surface area contributed by atoms with Crippen LogP contribution in [0.1, 0.15) is 19.1 Å². The topological polar surface area (TPSA) is 102 Å². The first-order chi connectivity index (χ1) is 12.9. The average Bonchev–Trinajstić information content (AvgIpc) is 3.27. The molecule has 9 heteroatoms. The third-order valence-electron chi connectivity index (χ3n) is 4.12. The number of ether oxygens (including phenoxy) is 1. The van der Waals surface area contributed by atoms with Gasteiger partial charge in [-0.15, -0.1) is 0 Å². The summed E-state index contributed by atoms with van der Waals surface area (Å²) in [7, 11) is 0. The summed E-state index contributed by atoms with van der Waals surface area (Å²) in [6, 6.07) is 6.61. The van der Waals surface area contributed by atoms with E-state index in [0.717, 1.165) is 0 Å². The number of halogens is 1. The van der Waals surface area contributed by atoms with Gasteiger partial charge in [0.1, 0.15) is 11.6 Å². The number of hydrogen-bond donors (Lipinski definition) is 1. The Morgan fingerprint density at radius 2 is 2.26 bits per heavy atom. The van der Waals surface area contributed by atoms with E-state index >= 15 is 0 Å². The van der Waals surface area contributed by atoms with Crippen LogP contribution in [0.2, 0.25) is 5.02 Å². The quantitative estimate of drug-likeness (QED) is 0.758. The van der Waals surface area contributed by atoms with Crippen molar-refractivity contribution in [3.63, 3.8) is 0 Å². The van der Waals surface area contributed by atoms with Crippen LogP contribution in [-0.2, 0) is 25.7 Å². The highest BCUT2D eigenvalue weighted by Gasteiger charge is 2.36. The lowest BCUT2D eigenvalue weighted by Crippen LogP contribution is -2.33. The summed E-state index contributed by atoms with van der Waals surface area (Å²) in [5.74, 6) is -0.937. The molecule has 2 atom stereocenters. The molecular formula is C18H18ClN3O5. The van der Waals surface area contributed by atoms with Crippen molar-refractivity contribution < 1.29 is 23.5 Å². The molecule has 0 bridgehead atoms. The Labute approximate surface area is 160 Å². The van der Waals surface area contributed by atoms with E-state index in [4.69, 9.17) is 20.8 Å². The smallest absolute Gasteiger partial charge is 0.312 e. The summed E-state index contributed by atoms with van der Waals surface area (Å²) < 4.78 is 10.4. The van der Waals surface area contributed by atoms with Gasteiger partial charge in [-0.2, -0.15) is 0 Å². The molecule has 0 unspecified atom stereocenters. The molecule has 2 amide bonds. The van der Waals surface area contributed by atoms with Crippen molar-refractivity contribution in [3.05, 3.63) is 47.5 Å². The Morgan fingerprint density at radius 3 is 2.93 bits per heavy atom. The number of carbonyl (C=O) groups excluding carboxylic acids is 3. The van der Waals surface area contributed by atoms with Crippen molar-refractivity contribution in [1.82, 2.24) is 9.88 Å². The van der Waals surface area contributed by atoms with Gasteiger partial charge in [-0.05, 0) is 31.2 Å². The molecule has 3 heterocycles. The van der Waals surface area contributed by atoms with E-state index in [2.05, 4.69) is 10.3 Å². The lowest BCUT2D eigenvalue weighted by atomic mass is 10.1. The first-order valence-electron chi connectivity index (χ1n) is 8.35. The maximum absolute atomic E-state index is 12.3. The number of aromatic nitrogens is 1. The molecular weight excluding hydrogens is 374 g/mol. The summed E-state index contributed by atoms with van der Waals surface area (Å²) in [5, 5.41) is 2.98. The number of furan rings is 1. The van der Waals surface area contributed by atoms with Gasteiger partial charge >= 0.3 is 5.97 Å². The molecule has 8 nitrogen and oxygen atoms in total. The van der Waals surface area contributed by atoms with Crippen molar-refractivity contribution in [3.8, 4) is 0 Å². The minimum atomic E-state index is -1.02. The molecule has 2 aromatic heterocycles. The molecule has 142 valence electrons. The predicted octanol–water partition coefficient (Wildman–Crippen LogP) is 2.25. The van der Waals surface area contributed by atoms with Gasteiger partial charge in [-0.25, -0.2) is 4.98 Å². The van der Waals surface area contributed by atoms with E-state index in [0.29, 0.717) is 23.1 Å². The molecule has 1 fully saturated rings. The highest BCUT2D eigenvalue weighted by atomic mass is 35.5. The Bertz CT molecular complexity index is 822. The summed E-state index contributed by atoms with van der Waals surface area (Å²) in [6.07, 6.45) is 1.94. The van der Waals surface area contributed by atoms with Crippen LogP contribution < -0.4 is 5.32 Å². The normalized spacial score (nSPS) is 17.6. The first kappa shape index (κ1) is 18.9. The molecule has 0 aromatic carbocycles. The monoisotopic (exact) mass is 391 g/mol. The first-order valence-corrected chi connectivity index (χ1v) is 8.73. The fourth-order valence-corrected chi connectivity index (χ4v) is 2.79. The minimum Gasteiger partial charge on any atom is -0.467 e. The molecule has 1 aliphatic heterocycles. The fourth-order valence-electron chi connectivity index (χ4n) is 2.68. The van der Waals surface area contributed by atoms with Gasteiger partial charge in [0, 0.05) is 19.2 Å². The Balaban J connectivity index is 1.51. The number of amides is 2. The second-order valence-electron chi connectivity index (χ2n) is 6.18. The van der Waals surface area contributed by atoms with Gasteiger partial charge in [-0.3, -0.25) is 14.4 Å². The van der Waals surface area contributed by atoms with Gasteiger partial charge in [0.15, 0.2) is 6.10 Å². The third kappa shape index (κ3) is 4.85. The van der Waals surface area contributed by atoms with E-state index in [1.165, 1.54) is 30.4 Å². The predicted molar refractivity (Wildman–Crippen MR) is 95.7 cm³/mol. The molecule has 1 aliphatic rings. The molecule has 0 aliphatic carbocycles. The van der Waals surface area contributed by atoms with Crippen LogP contribution in [0, 0.1) is 5.92 Å². The number of nitrogens with one attached hydrogen (secondary N) is 1. The zero-order valence-electron chi connectivity index (χ0n) is 14.6. The zero-order valence-corrected chi connectivity index (χ0v) is 15.3. The van der Waals surface area contributed by atoms with Gasteiger partial charge in [0.25, 0.3) is 5.91 Å². The van der Waals surface area contributed by atoms with E-state index in [-0.39, 0.29) is 18.9 Å². The van der Waals surface area contributed by atoms with Crippen LogP contribution in [0.4, 0.5) is 5.82 Å². The van der Waals surface area contributed by atoms with Crippen molar-refractivity contribution in [2.24, 2.45) is 5.92 Å². The highest BCUT2D eigenvalue weighted by Crippen LogP contribution is 2.22. The molecule has 2 aromatic rings. The highest BCUT2D eigenvalue weighted by molar-refractivity contribution is 6.30. The number of anilines is 1. The number of carbonyl (C=O) groups is 3. The molecule has 3 rings (SSSR count). The van der Waals surface area contributed by atoms with Gasteiger partial charge in [0.05, 0.1) is 23.7 Å². The van der Waals surface area contributed by atoms with E-state index in [9.17, 15) is 14.4 Å². The van der Waals surface area contributed by atoms with E-state index in [1.807, 2.05) is 0 Å². The molecule has 0 radical (unpaired) electrons. The summed E-state index contributed by atoms with van der Waals surface area (Å²) in [5.41, 5.74) is 0. The lowest BCUT2D eigenvalue weighted by Gasteiger charge is -2.17. The van der Waals surface area contributed by atoms with Gasteiger partial charge in [-0.1, -0.05) is 11.6 Å². The number of pyridine rings is 1. The standard InChI is InChI=1S/C18H18ClN3O5/c1-11(17(24)21-15-5-4-13(19)8-20-15)27-18(25)12-7-16(23)22(9-12)10-14-3-2-6-26-14/h2-6,8,11-12H,7,9-10H2,1H3,(H,20,21,24)/t11-,12-/m1/s1. The van der Waals surface area contributed by atoms with Crippen molar-refractivity contribution in [2.75, 3.05) is 11.9 Å². The number of rotatable bonds is 6. The van der Waals surface area contributed by atoms with Crippen LogP contribution in [-0.4, -0.2) is 40.3 Å². The number of likely N-dealkylation sites (tertiary alicyclic amines) is 1. The summed E-state index contributed by atoms with van der Waals surface area (Å²) in [6.45, 7) is 1.99. The van der Waals surface area contributed by atoms with Crippen LogP contribution in [0.25, 0.3) is 0 Å². The summed E-state index contributed by atoms with van der Waals surface area (Å²) in [4.78, 5) is 42.0. The van der Waals surface area contributed by atoms with Crippen LogP contribution in [0.3, 0.4) is 0 Å². The van der Waals surface area contributed by atoms with Crippen LogP contribution >= 0.6 is 11.6 Å². The molecule has 0 saturated carbocycles. The molecule has 1 saturated heterocycles. The van der Waals surface area contributed by atoms with Crippen molar-refractivity contribution in [1.29, 1.82) is 0 Å². The molecule has 0 spiro atoms. The lowest BCUT2D eigenvalue weighted by molar-refractivity contribution is -0.157. The minimum absolute atomic E-state index is 0.0482. The van der Waals surface area contributed by atoms with Crippen molar-refractivity contribution >= 4 is 35.2 Å². The van der Waals surface area contributed by atoms with Gasteiger partial charge < -0.3 is 19.4 Å². The maximum Gasteiger partial charge on any atom is 0.312 e. The molecule has 1 N–H and O–H groups in total. The fraction of sp³-hybridized carbons (Fsp3) is 0.333. The Hall–Kier alpha value is -2.87. The number of nitrogens with zero attached hydrogens (tertiary/aromatic N) is 2. The Kier molecular flexibility index (Phi) is 5.75. The number of hydrogen-bond acceptors (Lipinski definition) is 6. The second-order valence-corrected chi connectivity index (χ2v) is 6.62. The second kappa shape index (κ2) is 8.22.